The Morgan fingerprint density at radius 1 is 1.47 bits per heavy atom. The van der Waals surface area contributed by atoms with Gasteiger partial charge in [0, 0.05) is 5.92 Å². The number of carbonyl (C=O) groups is 1. The molecule has 4 nitrogen and oxygen atoms in total. The smallest absolute Gasteiger partial charge is 0.309 e. The van der Waals surface area contributed by atoms with E-state index in [4.69, 9.17) is 4.74 Å². The van der Waals surface area contributed by atoms with Crippen LogP contribution in [0.3, 0.4) is 0 Å². The first-order valence-electron chi connectivity index (χ1n) is 6.87. The van der Waals surface area contributed by atoms with Crippen LogP contribution in [0, 0.1) is 11.8 Å². The summed E-state index contributed by atoms with van der Waals surface area (Å²) in [4.78, 5) is 11.7. The van der Waals surface area contributed by atoms with Crippen LogP contribution in [0.25, 0.3) is 0 Å². The SMILES string of the molecule is C/C1=C\CC/C(CO)=C/[C@@H]2OC(=O)[C@@H](C)[C@@H]2[C@@H](O)C1. The predicted molar refractivity (Wildman–Crippen MR) is 71.3 cm³/mol. The lowest BCUT2D eigenvalue weighted by Crippen LogP contribution is -2.32. The highest BCUT2D eigenvalue weighted by molar-refractivity contribution is 5.75. The summed E-state index contributed by atoms with van der Waals surface area (Å²) < 4.78 is 5.34. The fourth-order valence-corrected chi connectivity index (χ4v) is 2.96. The van der Waals surface area contributed by atoms with Gasteiger partial charge in [-0.1, -0.05) is 18.6 Å². The number of hydrogen-bond donors (Lipinski definition) is 2. The molecule has 19 heavy (non-hydrogen) atoms. The van der Waals surface area contributed by atoms with Crippen molar-refractivity contribution in [2.45, 2.75) is 45.3 Å². The molecule has 4 atom stereocenters. The molecule has 0 radical (unpaired) electrons. The van der Waals surface area contributed by atoms with E-state index in [9.17, 15) is 15.0 Å². The van der Waals surface area contributed by atoms with Crippen molar-refractivity contribution in [1.82, 2.24) is 0 Å². The maximum absolute atomic E-state index is 11.7. The van der Waals surface area contributed by atoms with E-state index in [1.165, 1.54) is 0 Å². The summed E-state index contributed by atoms with van der Waals surface area (Å²) in [5, 5.41) is 19.7. The molecule has 4 heteroatoms. The molecule has 0 spiro atoms. The van der Waals surface area contributed by atoms with Crippen LogP contribution in [-0.4, -0.2) is 35.0 Å². The number of allylic oxidation sites excluding steroid dienone is 1. The molecule has 0 saturated carbocycles. The zero-order chi connectivity index (χ0) is 14.0. The van der Waals surface area contributed by atoms with Crippen molar-refractivity contribution in [2.75, 3.05) is 6.61 Å². The average molecular weight is 266 g/mol. The molecule has 1 aliphatic carbocycles. The monoisotopic (exact) mass is 266 g/mol. The van der Waals surface area contributed by atoms with E-state index in [2.05, 4.69) is 6.08 Å². The van der Waals surface area contributed by atoms with Gasteiger partial charge in [-0.2, -0.15) is 0 Å². The molecule has 0 unspecified atom stereocenters. The van der Waals surface area contributed by atoms with Crippen molar-refractivity contribution in [3.63, 3.8) is 0 Å². The number of esters is 1. The van der Waals surface area contributed by atoms with Gasteiger partial charge in [0.05, 0.1) is 18.6 Å². The Balaban J connectivity index is 2.31. The highest BCUT2D eigenvalue weighted by atomic mass is 16.6. The molecule has 2 rings (SSSR count). The van der Waals surface area contributed by atoms with E-state index in [0.29, 0.717) is 6.42 Å². The molecule has 0 aromatic carbocycles. The lowest BCUT2D eigenvalue weighted by molar-refractivity contribution is -0.142. The summed E-state index contributed by atoms with van der Waals surface area (Å²) >= 11 is 0. The third-order valence-electron chi connectivity index (χ3n) is 4.12. The van der Waals surface area contributed by atoms with Crippen molar-refractivity contribution < 1.29 is 19.7 Å². The van der Waals surface area contributed by atoms with E-state index < -0.39 is 12.2 Å². The molecule has 0 aromatic rings. The van der Waals surface area contributed by atoms with Gasteiger partial charge < -0.3 is 14.9 Å². The van der Waals surface area contributed by atoms with Crippen LogP contribution in [0.5, 0.6) is 0 Å². The highest BCUT2D eigenvalue weighted by Crippen LogP contribution is 2.35. The Morgan fingerprint density at radius 2 is 2.21 bits per heavy atom. The molecular weight excluding hydrogens is 244 g/mol. The second kappa shape index (κ2) is 5.88. The normalized spacial score (nSPS) is 41.6. The van der Waals surface area contributed by atoms with Crippen LogP contribution >= 0.6 is 0 Å². The minimum atomic E-state index is -0.586. The minimum absolute atomic E-state index is 0.0296. The van der Waals surface area contributed by atoms with Crippen molar-refractivity contribution in [3.05, 3.63) is 23.3 Å². The van der Waals surface area contributed by atoms with Crippen molar-refractivity contribution >= 4 is 5.97 Å². The molecule has 106 valence electrons. The van der Waals surface area contributed by atoms with Gasteiger partial charge in [-0.25, -0.2) is 0 Å². The zero-order valence-corrected chi connectivity index (χ0v) is 11.5. The number of rotatable bonds is 1. The van der Waals surface area contributed by atoms with Crippen molar-refractivity contribution in [1.29, 1.82) is 0 Å². The second-order valence-corrected chi connectivity index (χ2v) is 5.61. The maximum atomic E-state index is 11.7. The van der Waals surface area contributed by atoms with Crippen molar-refractivity contribution in [3.8, 4) is 0 Å². The van der Waals surface area contributed by atoms with Gasteiger partial charge >= 0.3 is 5.97 Å². The highest BCUT2D eigenvalue weighted by Gasteiger charge is 2.44. The number of ether oxygens (including phenoxy) is 1. The fourth-order valence-electron chi connectivity index (χ4n) is 2.96. The molecule has 2 N–H and O–H groups in total. The van der Waals surface area contributed by atoms with Gasteiger partial charge in [0.25, 0.3) is 0 Å². The van der Waals surface area contributed by atoms with Crippen molar-refractivity contribution in [2.24, 2.45) is 11.8 Å². The van der Waals surface area contributed by atoms with E-state index in [0.717, 1.165) is 24.0 Å². The summed E-state index contributed by atoms with van der Waals surface area (Å²) in [5.41, 5.74) is 1.99. The molecule has 1 heterocycles. The third-order valence-corrected chi connectivity index (χ3v) is 4.12. The molecule has 0 aromatic heterocycles. The number of carbonyl (C=O) groups excluding carboxylic acids is 1. The standard InChI is InChI=1S/C15H22O4/c1-9-4-3-5-11(8-16)7-13-14(12(17)6-9)10(2)15(18)19-13/h4,7,10,12-14,16-17H,3,5-6,8H2,1-2H3/b9-4+,11-7-/t10-,12-,13-,14+/m0/s1. The summed E-state index contributed by atoms with van der Waals surface area (Å²) in [7, 11) is 0. The molecule has 0 bridgehead atoms. The molecule has 1 aliphatic heterocycles. The van der Waals surface area contributed by atoms with Crippen LogP contribution in [0.1, 0.15) is 33.1 Å². The van der Waals surface area contributed by atoms with Crippen LogP contribution in [0.4, 0.5) is 0 Å². The van der Waals surface area contributed by atoms with Crippen LogP contribution < -0.4 is 0 Å². The summed E-state index contributed by atoms with van der Waals surface area (Å²) in [6.45, 7) is 3.76. The summed E-state index contributed by atoms with van der Waals surface area (Å²) in [6.07, 6.45) is 5.09. The van der Waals surface area contributed by atoms with E-state index in [1.807, 2.05) is 13.0 Å². The Kier molecular flexibility index (Phi) is 4.42. The topological polar surface area (TPSA) is 66.8 Å². The molecule has 1 fully saturated rings. The Bertz CT molecular complexity index is 410. The Labute approximate surface area is 113 Å². The maximum Gasteiger partial charge on any atom is 0.309 e. The lowest BCUT2D eigenvalue weighted by Gasteiger charge is -2.25. The largest absolute Gasteiger partial charge is 0.457 e. The Hall–Kier alpha value is -1.13. The minimum Gasteiger partial charge on any atom is -0.457 e. The van der Waals surface area contributed by atoms with Gasteiger partial charge in [0.1, 0.15) is 6.10 Å². The number of aliphatic hydroxyl groups is 2. The summed E-state index contributed by atoms with van der Waals surface area (Å²) in [5.74, 6) is -0.789. The van der Waals surface area contributed by atoms with Gasteiger partial charge in [-0.15, -0.1) is 0 Å². The first-order valence-corrected chi connectivity index (χ1v) is 6.87. The molecule has 1 saturated heterocycles. The zero-order valence-electron chi connectivity index (χ0n) is 11.5. The van der Waals surface area contributed by atoms with Crippen LogP contribution in [-0.2, 0) is 9.53 Å². The Morgan fingerprint density at radius 3 is 2.89 bits per heavy atom. The predicted octanol–water partition coefficient (Wildman–Crippen LogP) is 1.57. The third kappa shape index (κ3) is 3.07. The first kappa shape index (κ1) is 14.3. The summed E-state index contributed by atoms with van der Waals surface area (Å²) in [6, 6.07) is 0. The molecule has 2 aliphatic rings. The number of aliphatic hydroxyl groups excluding tert-OH is 2. The van der Waals surface area contributed by atoms with Crippen LogP contribution in [0.15, 0.2) is 23.3 Å². The van der Waals surface area contributed by atoms with E-state index >= 15 is 0 Å². The first-order chi connectivity index (χ1) is 9.02. The fraction of sp³-hybridized carbons (Fsp3) is 0.667. The average Bonchev–Trinajstić information content (AvgIpc) is 2.63. The van der Waals surface area contributed by atoms with Gasteiger partial charge in [0.2, 0.25) is 0 Å². The number of hydrogen-bond acceptors (Lipinski definition) is 4. The quantitative estimate of drug-likeness (QED) is 0.558. The molecular formula is C15H22O4. The van der Waals surface area contributed by atoms with E-state index in [-0.39, 0.29) is 24.4 Å². The van der Waals surface area contributed by atoms with Gasteiger partial charge in [-0.3, -0.25) is 4.79 Å². The van der Waals surface area contributed by atoms with Crippen LogP contribution in [0.2, 0.25) is 0 Å². The van der Waals surface area contributed by atoms with Gasteiger partial charge in [0.15, 0.2) is 0 Å². The van der Waals surface area contributed by atoms with Gasteiger partial charge in [-0.05, 0) is 37.8 Å². The second-order valence-electron chi connectivity index (χ2n) is 5.61. The molecule has 0 amide bonds. The lowest BCUT2D eigenvalue weighted by atomic mass is 9.82. The number of fused-ring (bicyclic) bond motifs is 1. The van der Waals surface area contributed by atoms with E-state index in [1.54, 1.807) is 6.92 Å².